The Balaban J connectivity index is 1.78. The largest absolute Gasteiger partial charge is 0.325 e. The zero-order valence-electron chi connectivity index (χ0n) is 16.1. The van der Waals surface area contributed by atoms with E-state index in [0.29, 0.717) is 11.1 Å². The van der Waals surface area contributed by atoms with Gasteiger partial charge in [0, 0.05) is 5.56 Å². The third-order valence-corrected chi connectivity index (χ3v) is 5.00. The second kappa shape index (κ2) is 6.65. The van der Waals surface area contributed by atoms with Gasteiger partial charge in [-0.3, -0.25) is 14.5 Å². The normalized spacial score (nSPS) is 19.9. The van der Waals surface area contributed by atoms with Crippen molar-refractivity contribution in [3.63, 3.8) is 0 Å². The van der Waals surface area contributed by atoms with E-state index in [2.05, 4.69) is 26.1 Å². The first kappa shape index (κ1) is 18.8. The fourth-order valence-corrected chi connectivity index (χ4v) is 3.20. The molecule has 3 amide bonds. The molecule has 0 spiro atoms. The molecule has 0 saturated carbocycles. The molecule has 5 nitrogen and oxygen atoms in total. The molecule has 2 aromatic rings. The van der Waals surface area contributed by atoms with E-state index in [1.165, 1.54) is 0 Å². The van der Waals surface area contributed by atoms with Crippen LogP contribution < -0.4 is 5.32 Å². The van der Waals surface area contributed by atoms with Gasteiger partial charge in [-0.15, -0.1) is 0 Å². The molecule has 0 aliphatic carbocycles. The Bertz CT molecular complexity index is 882. The Kier molecular flexibility index (Phi) is 4.64. The number of nitrogens with zero attached hydrogens (tertiary/aromatic N) is 1. The standard InChI is InChI=1S/C22H24N2O3/c1-21(2,3)16-12-10-15(11-13-16)18(25)14-24-19(26)22(4,23-20(24)27)17-8-6-5-7-9-17/h5-13H,14H2,1-4H3,(H,23,27). The highest BCUT2D eigenvalue weighted by atomic mass is 16.2. The van der Waals surface area contributed by atoms with E-state index >= 15 is 0 Å². The minimum absolute atomic E-state index is 0.0100. The molecule has 0 radical (unpaired) electrons. The van der Waals surface area contributed by atoms with Crippen LogP contribution in [-0.4, -0.2) is 29.2 Å². The third-order valence-electron chi connectivity index (χ3n) is 5.00. The fourth-order valence-electron chi connectivity index (χ4n) is 3.20. The van der Waals surface area contributed by atoms with Crippen molar-refractivity contribution >= 4 is 17.7 Å². The number of rotatable bonds is 4. The number of ketones is 1. The summed E-state index contributed by atoms with van der Waals surface area (Å²) < 4.78 is 0. The fraction of sp³-hybridized carbons (Fsp3) is 0.318. The monoisotopic (exact) mass is 364 g/mol. The number of imide groups is 1. The molecular formula is C22H24N2O3. The molecule has 3 rings (SSSR count). The van der Waals surface area contributed by atoms with Crippen molar-refractivity contribution in [3.05, 3.63) is 71.3 Å². The van der Waals surface area contributed by atoms with Crippen LogP contribution in [0.5, 0.6) is 0 Å². The highest BCUT2D eigenvalue weighted by molar-refractivity contribution is 6.11. The van der Waals surface area contributed by atoms with E-state index in [-0.39, 0.29) is 17.7 Å². The van der Waals surface area contributed by atoms with Gasteiger partial charge in [0.1, 0.15) is 5.54 Å². The Labute approximate surface area is 159 Å². The molecule has 1 aliphatic rings. The zero-order valence-corrected chi connectivity index (χ0v) is 16.1. The van der Waals surface area contributed by atoms with Crippen LogP contribution in [0.2, 0.25) is 0 Å². The summed E-state index contributed by atoms with van der Waals surface area (Å²) in [5.41, 5.74) is 1.12. The topological polar surface area (TPSA) is 66.5 Å². The van der Waals surface area contributed by atoms with Crippen molar-refractivity contribution in [2.24, 2.45) is 0 Å². The minimum atomic E-state index is -1.16. The number of benzene rings is 2. The van der Waals surface area contributed by atoms with Crippen LogP contribution in [-0.2, 0) is 15.7 Å². The van der Waals surface area contributed by atoms with Crippen LogP contribution in [0.4, 0.5) is 4.79 Å². The summed E-state index contributed by atoms with van der Waals surface area (Å²) in [5, 5.41) is 2.72. The summed E-state index contributed by atoms with van der Waals surface area (Å²) in [7, 11) is 0. The molecule has 0 aromatic heterocycles. The van der Waals surface area contributed by atoms with E-state index in [9.17, 15) is 14.4 Å². The highest BCUT2D eigenvalue weighted by Gasteiger charge is 2.49. The van der Waals surface area contributed by atoms with Crippen molar-refractivity contribution in [3.8, 4) is 0 Å². The number of urea groups is 1. The number of hydrogen-bond donors (Lipinski definition) is 1. The van der Waals surface area contributed by atoms with Crippen molar-refractivity contribution in [2.75, 3.05) is 6.54 Å². The molecule has 140 valence electrons. The van der Waals surface area contributed by atoms with Crippen LogP contribution in [0.15, 0.2) is 54.6 Å². The molecule has 27 heavy (non-hydrogen) atoms. The maximum atomic E-state index is 12.9. The molecule has 1 atom stereocenters. The van der Waals surface area contributed by atoms with Gasteiger partial charge in [-0.2, -0.15) is 0 Å². The minimum Gasteiger partial charge on any atom is -0.319 e. The van der Waals surface area contributed by atoms with Crippen molar-refractivity contribution in [1.82, 2.24) is 10.2 Å². The van der Waals surface area contributed by atoms with Crippen LogP contribution in [0.25, 0.3) is 0 Å². The Morgan fingerprint density at radius 2 is 1.59 bits per heavy atom. The van der Waals surface area contributed by atoms with E-state index in [4.69, 9.17) is 0 Å². The number of hydrogen-bond acceptors (Lipinski definition) is 3. The molecule has 1 N–H and O–H groups in total. The third kappa shape index (κ3) is 3.50. The van der Waals surface area contributed by atoms with Crippen LogP contribution in [0.1, 0.15) is 49.2 Å². The number of amides is 3. The summed E-state index contributed by atoms with van der Waals surface area (Å²) in [6.07, 6.45) is 0. The average Bonchev–Trinajstić information content (AvgIpc) is 2.86. The van der Waals surface area contributed by atoms with Gasteiger partial charge in [0.15, 0.2) is 5.78 Å². The Hall–Kier alpha value is -2.95. The predicted octanol–water partition coefficient (Wildman–Crippen LogP) is 3.63. The first-order chi connectivity index (χ1) is 12.6. The molecule has 1 saturated heterocycles. The lowest BCUT2D eigenvalue weighted by Gasteiger charge is -2.22. The summed E-state index contributed by atoms with van der Waals surface area (Å²) in [5.74, 6) is -0.686. The van der Waals surface area contributed by atoms with Gasteiger partial charge in [-0.05, 0) is 23.5 Å². The lowest BCUT2D eigenvalue weighted by atomic mass is 9.86. The Morgan fingerprint density at radius 1 is 1.00 bits per heavy atom. The maximum Gasteiger partial charge on any atom is 0.325 e. The van der Waals surface area contributed by atoms with Gasteiger partial charge in [0.25, 0.3) is 5.91 Å². The van der Waals surface area contributed by atoms with Gasteiger partial charge in [0.2, 0.25) is 0 Å². The second-order valence-electron chi connectivity index (χ2n) is 8.06. The van der Waals surface area contributed by atoms with Crippen LogP contribution in [0.3, 0.4) is 0 Å². The summed E-state index contributed by atoms with van der Waals surface area (Å²) in [6.45, 7) is 7.68. The average molecular weight is 364 g/mol. The van der Waals surface area contributed by atoms with Crippen molar-refractivity contribution in [1.29, 1.82) is 0 Å². The predicted molar refractivity (Wildman–Crippen MR) is 104 cm³/mol. The highest BCUT2D eigenvalue weighted by Crippen LogP contribution is 2.29. The maximum absolute atomic E-state index is 12.9. The van der Waals surface area contributed by atoms with Crippen LogP contribution >= 0.6 is 0 Å². The molecule has 1 fully saturated rings. The van der Waals surface area contributed by atoms with Gasteiger partial charge >= 0.3 is 6.03 Å². The summed E-state index contributed by atoms with van der Waals surface area (Å²) in [4.78, 5) is 38.9. The van der Waals surface area contributed by atoms with E-state index in [1.54, 1.807) is 31.2 Å². The lowest BCUT2D eigenvalue weighted by Crippen LogP contribution is -2.41. The van der Waals surface area contributed by atoms with Crippen LogP contribution in [0, 0.1) is 0 Å². The van der Waals surface area contributed by atoms with E-state index in [1.807, 2.05) is 30.3 Å². The van der Waals surface area contributed by atoms with Gasteiger partial charge in [0.05, 0.1) is 6.54 Å². The molecule has 1 unspecified atom stereocenters. The quantitative estimate of drug-likeness (QED) is 0.665. The molecule has 5 heteroatoms. The first-order valence-corrected chi connectivity index (χ1v) is 8.96. The lowest BCUT2D eigenvalue weighted by molar-refractivity contribution is -0.130. The number of carbonyl (C=O) groups excluding carboxylic acids is 3. The van der Waals surface area contributed by atoms with E-state index in [0.717, 1.165) is 10.5 Å². The second-order valence-corrected chi connectivity index (χ2v) is 8.06. The molecular weight excluding hydrogens is 340 g/mol. The molecule has 1 aliphatic heterocycles. The van der Waals surface area contributed by atoms with Gasteiger partial charge in [-0.25, -0.2) is 4.79 Å². The Morgan fingerprint density at radius 3 is 2.15 bits per heavy atom. The molecule has 1 heterocycles. The van der Waals surface area contributed by atoms with Gasteiger partial charge in [-0.1, -0.05) is 75.4 Å². The van der Waals surface area contributed by atoms with Crippen molar-refractivity contribution < 1.29 is 14.4 Å². The smallest absolute Gasteiger partial charge is 0.319 e. The number of Topliss-reactive ketones (excluding diaryl/α,β-unsaturated/α-hetero) is 1. The summed E-state index contributed by atoms with van der Waals surface area (Å²) >= 11 is 0. The first-order valence-electron chi connectivity index (χ1n) is 8.96. The SMILES string of the molecule is CC(C)(C)c1ccc(C(=O)CN2C(=O)NC(C)(c3ccccc3)C2=O)cc1. The molecule has 2 aromatic carbocycles. The van der Waals surface area contributed by atoms with Gasteiger partial charge < -0.3 is 5.32 Å². The number of carbonyl (C=O) groups is 3. The zero-order chi connectivity index (χ0) is 19.8. The molecule has 0 bridgehead atoms. The van der Waals surface area contributed by atoms with E-state index < -0.39 is 17.5 Å². The summed E-state index contributed by atoms with van der Waals surface area (Å²) in [6, 6.07) is 15.8. The van der Waals surface area contributed by atoms with Crippen molar-refractivity contribution in [2.45, 2.75) is 38.6 Å². The number of nitrogens with one attached hydrogen (secondary N) is 1.